The van der Waals surface area contributed by atoms with Crippen molar-refractivity contribution in [2.24, 2.45) is 5.92 Å². The van der Waals surface area contributed by atoms with E-state index in [-0.39, 0.29) is 5.82 Å². The number of hydrogen-bond donors (Lipinski definition) is 2. The number of halogens is 1. The molecule has 19 heavy (non-hydrogen) atoms. The van der Waals surface area contributed by atoms with E-state index in [1.165, 1.54) is 12.5 Å². The lowest BCUT2D eigenvalue weighted by Crippen LogP contribution is -2.49. The van der Waals surface area contributed by atoms with E-state index in [4.69, 9.17) is 0 Å². The first-order chi connectivity index (χ1) is 9.18. The molecule has 0 radical (unpaired) electrons. The Kier molecular flexibility index (Phi) is 3.10. The standard InChI is InChI=1S/C13H18FN5/c1-8-3-4-15-6-10(8)19(2)13-11-9(14)5-16-12(11)17-7-18-13/h5,7-8,10,15H,3-4,6H2,1-2H3,(H,16,17,18)/t8-,10+/m1/s1. The first-order valence-corrected chi connectivity index (χ1v) is 6.59. The third-order valence-electron chi connectivity index (χ3n) is 4.02. The lowest BCUT2D eigenvalue weighted by Gasteiger charge is -2.37. The van der Waals surface area contributed by atoms with Crippen molar-refractivity contribution >= 4 is 16.9 Å². The lowest BCUT2D eigenvalue weighted by atomic mass is 9.93. The van der Waals surface area contributed by atoms with Gasteiger partial charge in [-0.15, -0.1) is 0 Å². The van der Waals surface area contributed by atoms with Crippen molar-refractivity contribution < 1.29 is 4.39 Å². The van der Waals surface area contributed by atoms with Gasteiger partial charge in [0.1, 0.15) is 17.8 Å². The van der Waals surface area contributed by atoms with Gasteiger partial charge in [-0.2, -0.15) is 0 Å². The zero-order valence-corrected chi connectivity index (χ0v) is 11.2. The summed E-state index contributed by atoms with van der Waals surface area (Å²) in [7, 11) is 1.97. The molecular formula is C13H18FN5. The summed E-state index contributed by atoms with van der Waals surface area (Å²) < 4.78 is 13.9. The highest BCUT2D eigenvalue weighted by molar-refractivity contribution is 5.88. The zero-order chi connectivity index (χ0) is 13.4. The van der Waals surface area contributed by atoms with Crippen molar-refractivity contribution in [3.8, 4) is 0 Å². The molecule has 6 heteroatoms. The van der Waals surface area contributed by atoms with E-state index < -0.39 is 0 Å². The molecule has 0 amide bonds. The molecule has 2 aromatic heterocycles. The van der Waals surface area contributed by atoms with Crippen LogP contribution in [0.4, 0.5) is 10.2 Å². The van der Waals surface area contributed by atoms with E-state index in [0.717, 1.165) is 19.5 Å². The van der Waals surface area contributed by atoms with Gasteiger partial charge in [-0.25, -0.2) is 14.4 Å². The van der Waals surface area contributed by atoms with Gasteiger partial charge in [-0.3, -0.25) is 0 Å². The van der Waals surface area contributed by atoms with Crippen LogP contribution in [0.3, 0.4) is 0 Å². The maximum Gasteiger partial charge on any atom is 0.153 e. The molecule has 1 saturated heterocycles. The molecule has 0 aliphatic carbocycles. The van der Waals surface area contributed by atoms with Crippen molar-refractivity contribution in [1.29, 1.82) is 0 Å². The van der Waals surface area contributed by atoms with E-state index in [1.54, 1.807) is 0 Å². The summed E-state index contributed by atoms with van der Waals surface area (Å²) in [6.07, 6.45) is 3.93. The van der Waals surface area contributed by atoms with Gasteiger partial charge in [0, 0.05) is 25.8 Å². The Morgan fingerprint density at radius 2 is 2.26 bits per heavy atom. The first-order valence-electron chi connectivity index (χ1n) is 6.59. The smallest absolute Gasteiger partial charge is 0.153 e. The molecule has 3 heterocycles. The molecule has 1 fully saturated rings. The molecule has 3 rings (SSSR count). The van der Waals surface area contributed by atoms with Gasteiger partial charge in [0.2, 0.25) is 0 Å². The lowest BCUT2D eigenvalue weighted by molar-refractivity contribution is 0.337. The summed E-state index contributed by atoms with van der Waals surface area (Å²) in [5.74, 6) is 0.913. The number of nitrogens with one attached hydrogen (secondary N) is 2. The predicted molar refractivity (Wildman–Crippen MR) is 72.7 cm³/mol. The molecule has 1 aliphatic heterocycles. The van der Waals surface area contributed by atoms with E-state index in [2.05, 4.69) is 32.1 Å². The van der Waals surface area contributed by atoms with Crippen LogP contribution < -0.4 is 10.2 Å². The normalized spacial score (nSPS) is 23.7. The number of H-pyrrole nitrogens is 1. The average molecular weight is 263 g/mol. The number of piperidine rings is 1. The largest absolute Gasteiger partial charge is 0.354 e. The molecule has 0 aromatic carbocycles. The number of aromatic amines is 1. The van der Waals surface area contributed by atoms with Gasteiger partial charge in [-0.05, 0) is 18.9 Å². The minimum atomic E-state index is -0.297. The highest BCUT2D eigenvalue weighted by atomic mass is 19.1. The molecule has 2 N–H and O–H groups in total. The third kappa shape index (κ3) is 2.06. The average Bonchev–Trinajstić information content (AvgIpc) is 2.81. The fourth-order valence-corrected chi connectivity index (χ4v) is 2.83. The maximum absolute atomic E-state index is 13.9. The molecule has 0 bridgehead atoms. The molecular weight excluding hydrogens is 245 g/mol. The summed E-state index contributed by atoms with van der Waals surface area (Å²) in [6, 6.07) is 0.321. The summed E-state index contributed by atoms with van der Waals surface area (Å²) in [6.45, 7) is 4.17. The molecule has 5 nitrogen and oxygen atoms in total. The monoisotopic (exact) mass is 263 g/mol. The molecule has 0 saturated carbocycles. The number of likely N-dealkylation sites (N-methyl/N-ethyl adjacent to an activating group) is 1. The van der Waals surface area contributed by atoms with Crippen LogP contribution >= 0.6 is 0 Å². The van der Waals surface area contributed by atoms with Crippen LogP contribution in [0, 0.1) is 11.7 Å². The minimum absolute atomic E-state index is 0.297. The number of nitrogens with zero attached hydrogens (tertiary/aromatic N) is 3. The van der Waals surface area contributed by atoms with Crippen LogP contribution in [-0.4, -0.2) is 41.1 Å². The second kappa shape index (κ2) is 4.77. The quantitative estimate of drug-likeness (QED) is 0.862. The van der Waals surface area contributed by atoms with E-state index in [0.29, 0.717) is 28.8 Å². The van der Waals surface area contributed by atoms with Crippen LogP contribution in [-0.2, 0) is 0 Å². The molecule has 2 atom stereocenters. The maximum atomic E-state index is 13.9. The number of fused-ring (bicyclic) bond motifs is 1. The molecule has 1 aliphatic rings. The Morgan fingerprint density at radius 1 is 1.42 bits per heavy atom. The van der Waals surface area contributed by atoms with E-state index in [1.807, 2.05) is 7.05 Å². The molecule has 0 spiro atoms. The SMILES string of the molecule is C[C@@H]1CCNC[C@@H]1N(C)c1ncnc2[nH]cc(F)c12. The van der Waals surface area contributed by atoms with Crippen molar-refractivity contribution in [3.63, 3.8) is 0 Å². The van der Waals surface area contributed by atoms with Gasteiger partial charge in [0.05, 0.1) is 5.39 Å². The molecule has 0 unspecified atom stereocenters. The number of anilines is 1. The number of aromatic nitrogens is 3. The Balaban J connectivity index is 2.01. The van der Waals surface area contributed by atoms with Crippen LogP contribution in [0.25, 0.3) is 11.0 Å². The summed E-state index contributed by atoms with van der Waals surface area (Å²) in [5.41, 5.74) is 0.547. The van der Waals surface area contributed by atoms with Crippen molar-refractivity contribution in [2.75, 3.05) is 25.0 Å². The fraction of sp³-hybridized carbons (Fsp3) is 0.538. The van der Waals surface area contributed by atoms with Gasteiger partial charge in [-0.1, -0.05) is 6.92 Å². The topological polar surface area (TPSA) is 56.8 Å². The van der Waals surface area contributed by atoms with Gasteiger partial charge in [0.15, 0.2) is 5.82 Å². The Morgan fingerprint density at radius 3 is 3.05 bits per heavy atom. The Bertz CT molecular complexity index is 581. The second-order valence-electron chi connectivity index (χ2n) is 5.21. The van der Waals surface area contributed by atoms with Crippen LogP contribution in [0.2, 0.25) is 0 Å². The predicted octanol–water partition coefficient (Wildman–Crippen LogP) is 1.53. The van der Waals surface area contributed by atoms with Gasteiger partial charge in [0.25, 0.3) is 0 Å². The van der Waals surface area contributed by atoms with Crippen molar-refractivity contribution in [1.82, 2.24) is 20.3 Å². The van der Waals surface area contributed by atoms with Crippen LogP contribution in [0.1, 0.15) is 13.3 Å². The first kappa shape index (κ1) is 12.3. The second-order valence-corrected chi connectivity index (χ2v) is 5.21. The number of rotatable bonds is 2. The zero-order valence-electron chi connectivity index (χ0n) is 11.2. The summed E-state index contributed by atoms with van der Waals surface area (Å²) in [4.78, 5) is 13.2. The Hall–Kier alpha value is -1.69. The summed E-state index contributed by atoms with van der Waals surface area (Å²) in [5, 5.41) is 3.86. The van der Waals surface area contributed by atoms with Crippen molar-refractivity contribution in [2.45, 2.75) is 19.4 Å². The molecule has 102 valence electrons. The fourth-order valence-electron chi connectivity index (χ4n) is 2.83. The van der Waals surface area contributed by atoms with Gasteiger partial charge < -0.3 is 15.2 Å². The van der Waals surface area contributed by atoms with E-state index in [9.17, 15) is 4.39 Å². The Labute approximate surface area is 111 Å². The molecule has 2 aromatic rings. The third-order valence-corrected chi connectivity index (χ3v) is 4.02. The van der Waals surface area contributed by atoms with Crippen molar-refractivity contribution in [3.05, 3.63) is 18.3 Å². The van der Waals surface area contributed by atoms with Crippen LogP contribution in [0.15, 0.2) is 12.5 Å². The van der Waals surface area contributed by atoms with E-state index >= 15 is 0 Å². The highest BCUT2D eigenvalue weighted by Gasteiger charge is 2.27. The van der Waals surface area contributed by atoms with Gasteiger partial charge >= 0.3 is 0 Å². The van der Waals surface area contributed by atoms with Crippen LogP contribution in [0.5, 0.6) is 0 Å². The minimum Gasteiger partial charge on any atom is -0.354 e. The number of hydrogen-bond acceptors (Lipinski definition) is 4. The summed E-state index contributed by atoms with van der Waals surface area (Å²) >= 11 is 0. The highest BCUT2D eigenvalue weighted by Crippen LogP contribution is 2.28.